The molecule has 4 heterocycles. The fourth-order valence-corrected chi connectivity index (χ4v) is 21.5. The van der Waals surface area contributed by atoms with Gasteiger partial charge in [-0.3, -0.25) is 0 Å². The van der Waals surface area contributed by atoms with Gasteiger partial charge >= 0.3 is 21.1 Å². The average Bonchev–Trinajstić information content (AvgIpc) is 0.750. The second kappa shape index (κ2) is 52.1. The molecule has 0 aromatic heterocycles. The summed E-state index contributed by atoms with van der Waals surface area (Å²) >= 11 is 0. The number of hydrogen-bond acceptors (Lipinski definition) is 12. The van der Waals surface area contributed by atoms with Crippen molar-refractivity contribution in [1.82, 2.24) is 0 Å². The number of carbonyl (C=O) groups is 4. The van der Waals surface area contributed by atoms with Crippen molar-refractivity contribution >= 4 is 23.9 Å². The van der Waals surface area contributed by atoms with Crippen molar-refractivity contribution in [2.75, 3.05) is 0 Å². The van der Waals surface area contributed by atoms with Gasteiger partial charge in [-0.05, 0) is 262 Å². The Morgan fingerprint density at radius 2 is 0.333 bits per heavy atom. The molecular formula is C116H156MoO12. The first kappa shape index (κ1) is 106. The summed E-state index contributed by atoms with van der Waals surface area (Å²) in [7, 11) is 0. The van der Waals surface area contributed by atoms with Gasteiger partial charge in [-0.15, -0.1) is 0 Å². The maximum atomic E-state index is 12.4. The first-order valence-electron chi connectivity index (χ1n) is 51.0. The summed E-state index contributed by atoms with van der Waals surface area (Å²) in [6.07, 6.45) is 41.1. The molecule has 13 heteroatoms. The van der Waals surface area contributed by atoms with Gasteiger partial charge in [0.15, 0.2) is 0 Å². The van der Waals surface area contributed by atoms with Gasteiger partial charge in [0.1, 0.15) is 46.0 Å². The van der Waals surface area contributed by atoms with Gasteiger partial charge < -0.3 is 58.6 Å². The van der Waals surface area contributed by atoms with Gasteiger partial charge in [0.05, 0.1) is 23.9 Å². The van der Waals surface area contributed by atoms with Crippen LogP contribution in [0, 0.1) is 0 Å². The summed E-state index contributed by atoms with van der Waals surface area (Å²) in [5.41, 5.74) is 33.7. The molecule has 0 saturated carbocycles. The Bertz CT molecular complexity index is 4530. The molecule has 12 nitrogen and oxygen atoms in total. The molecule has 4 aliphatic rings. The van der Waals surface area contributed by atoms with Gasteiger partial charge in [-0.2, -0.15) is 0 Å². The minimum Gasteiger partial charge on any atom is -0.545 e. The Kier molecular flexibility index (Phi) is 42.8. The molecule has 12 rings (SSSR count). The minimum absolute atomic E-state index is 0. The molecule has 0 atom stereocenters. The van der Waals surface area contributed by atoms with E-state index in [1.165, 1.54) is 89.0 Å². The number of aryl methyl sites for hydroxylation is 4. The number of hydrogen-bond donors (Lipinski definition) is 0. The van der Waals surface area contributed by atoms with Gasteiger partial charge in [0, 0.05) is 70.2 Å². The summed E-state index contributed by atoms with van der Waals surface area (Å²) in [5.74, 6) is 2.94. The number of rotatable bonds is 44. The first-order chi connectivity index (χ1) is 62.1. The summed E-state index contributed by atoms with van der Waals surface area (Å²) in [5, 5.41) is 49.8. The van der Waals surface area contributed by atoms with Crippen LogP contribution in [0.25, 0.3) is 0 Å². The van der Waals surface area contributed by atoms with Crippen LogP contribution in [0.1, 0.15) is 464 Å². The van der Waals surface area contributed by atoms with E-state index in [2.05, 4.69) is 187 Å². The van der Waals surface area contributed by atoms with Crippen LogP contribution < -0.4 is 39.4 Å². The molecular weight excluding hydrogens is 1680 g/mol. The van der Waals surface area contributed by atoms with E-state index in [9.17, 15) is 39.6 Å². The van der Waals surface area contributed by atoms with Crippen molar-refractivity contribution in [3.8, 4) is 46.0 Å². The third kappa shape index (κ3) is 23.8. The zero-order chi connectivity index (χ0) is 93.0. The number of carboxylic acids is 4. The zero-order valence-corrected chi connectivity index (χ0v) is 85.0. The van der Waals surface area contributed by atoms with Crippen molar-refractivity contribution in [3.63, 3.8) is 0 Å². The van der Waals surface area contributed by atoms with E-state index in [4.69, 9.17) is 18.9 Å². The quantitative estimate of drug-likeness (QED) is 0.0328. The number of carbonyl (C=O) groups excluding carboxylic acids is 4. The standard InChI is InChI=1S/4C29H40O3.Mo/c4*1-6-11-19-16-17-20-18-25-26(29(30)31)23(14-9-4)22(13-8-3)24(15-10-5)28(25)32-27(20)21(19)12-7-2;/h4*16-17H,6-15,18H2,1-5H3,(H,30,31);/q;;;;+4/p-4. The number of fused-ring (bicyclic) bond motifs is 8. The molecule has 0 spiro atoms. The van der Waals surface area contributed by atoms with Crippen molar-refractivity contribution in [2.24, 2.45) is 0 Å². The topological polar surface area (TPSA) is 197 Å². The predicted molar refractivity (Wildman–Crippen MR) is 520 cm³/mol. The van der Waals surface area contributed by atoms with Crippen LogP contribution in [0.15, 0.2) is 48.5 Å². The number of aromatic carboxylic acids is 4. The maximum Gasteiger partial charge on any atom is 4.00 e. The van der Waals surface area contributed by atoms with Crippen LogP contribution in [-0.2, 0) is 175 Å². The van der Waals surface area contributed by atoms with Gasteiger partial charge in [-0.1, -0.05) is 315 Å². The predicted octanol–water partition coefficient (Wildman–Crippen LogP) is 26.0. The Labute approximate surface area is 791 Å². The zero-order valence-electron chi connectivity index (χ0n) is 83.0. The third-order valence-electron chi connectivity index (χ3n) is 26.5. The number of ether oxygens (including phenoxy) is 4. The molecule has 4 aliphatic heterocycles. The molecule has 0 N–H and O–H groups in total. The molecule has 0 amide bonds. The number of carboxylic acid groups (broad SMARTS) is 4. The third-order valence-corrected chi connectivity index (χ3v) is 26.5. The van der Waals surface area contributed by atoms with E-state index in [-0.39, 0.29) is 21.1 Å². The normalized spacial score (nSPS) is 12.2. The van der Waals surface area contributed by atoms with Gasteiger partial charge in [0.2, 0.25) is 0 Å². The molecule has 0 radical (unpaired) electrons. The fraction of sp³-hybridized carbons (Fsp3) is 0.552. The second-order valence-corrected chi connectivity index (χ2v) is 36.5. The first-order valence-corrected chi connectivity index (χ1v) is 51.0. The molecule has 0 aliphatic carbocycles. The van der Waals surface area contributed by atoms with E-state index >= 15 is 0 Å². The monoisotopic (exact) mass is 1840 g/mol. The fourth-order valence-electron chi connectivity index (χ4n) is 21.5. The molecule has 0 unspecified atom stereocenters. The van der Waals surface area contributed by atoms with Crippen molar-refractivity contribution in [3.05, 3.63) is 227 Å². The van der Waals surface area contributed by atoms with Crippen molar-refractivity contribution in [2.45, 2.75) is 421 Å². The van der Waals surface area contributed by atoms with E-state index < -0.39 is 23.9 Å². The SMILES string of the molecule is CCCc1ccc2c(c1CCC)Oc1c(CCC)c(CCC)c(CCC)c(C(=O)[O-])c1C2.CCCc1ccc2c(c1CCC)Oc1c(CCC)c(CCC)c(CCC)c(C(=O)[O-])c1C2.CCCc1ccc2c(c1CCC)Oc1c(CCC)c(CCC)c(CCC)c(C(=O)[O-])c1C2.CCCc1ccc2c(c1CCC)Oc1c(CCC)c(CCC)c(CCC)c(C(=O)[O-])c1C2.[Mo+4]. The van der Waals surface area contributed by atoms with Gasteiger partial charge in [-0.25, -0.2) is 0 Å². The van der Waals surface area contributed by atoms with E-state index in [1.54, 1.807) is 0 Å². The molecule has 0 bridgehead atoms. The Morgan fingerprint density at radius 1 is 0.194 bits per heavy atom. The van der Waals surface area contributed by atoms with Crippen molar-refractivity contribution in [1.29, 1.82) is 0 Å². The molecule has 0 fully saturated rings. The Balaban J connectivity index is 0.000000212. The summed E-state index contributed by atoms with van der Waals surface area (Å²) in [6, 6.07) is 17.5. The van der Waals surface area contributed by atoms with Crippen LogP contribution in [0.4, 0.5) is 0 Å². The van der Waals surface area contributed by atoms with Crippen LogP contribution in [0.3, 0.4) is 0 Å². The smallest absolute Gasteiger partial charge is 0.545 e. The van der Waals surface area contributed by atoms with E-state index in [0.29, 0.717) is 47.9 Å². The van der Waals surface area contributed by atoms with E-state index in [0.717, 1.165) is 370 Å². The molecule has 8 aromatic rings. The summed E-state index contributed by atoms with van der Waals surface area (Å²) < 4.78 is 27.0. The van der Waals surface area contributed by atoms with Crippen LogP contribution in [0.5, 0.6) is 46.0 Å². The van der Waals surface area contributed by atoms with Crippen LogP contribution in [-0.4, -0.2) is 23.9 Å². The number of benzene rings is 8. The van der Waals surface area contributed by atoms with Gasteiger partial charge in [0.25, 0.3) is 0 Å². The molecule has 129 heavy (non-hydrogen) atoms. The maximum absolute atomic E-state index is 12.4. The van der Waals surface area contributed by atoms with Crippen LogP contribution in [0.2, 0.25) is 0 Å². The molecule has 0 saturated heterocycles. The average molecular weight is 1840 g/mol. The van der Waals surface area contributed by atoms with Crippen molar-refractivity contribution < 1.29 is 79.6 Å². The summed E-state index contributed by atoms with van der Waals surface area (Å²) in [4.78, 5) is 49.8. The second-order valence-electron chi connectivity index (χ2n) is 36.5. The summed E-state index contributed by atoms with van der Waals surface area (Å²) in [6.45, 7) is 43.5. The molecule has 698 valence electrons. The minimum atomic E-state index is -1.06. The molecule has 8 aromatic carbocycles. The largest absolute Gasteiger partial charge is 4.00 e. The van der Waals surface area contributed by atoms with E-state index in [1.807, 2.05) is 0 Å². The Morgan fingerprint density at radius 3 is 0.481 bits per heavy atom. The van der Waals surface area contributed by atoms with Crippen LogP contribution >= 0.6 is 0 Å². The Hall–Kier alpha value is -8.47.